The van der Waals surface area contributed by atoms with Crippen LogP contribution in [0.4, 0.5) is 4.79 Å². The van der Waals surface area contributed by atoms with Crippen LogP contribution >= 0.6 is 0 Å². The van der Waals surface area contributed by atoms with E-state index in [1.165, 1.54) is 12.8 Å². The van der Waals surface area contributed by atoms with Gasteiger partial charge in [-0.05, 0) is 71.8 Å². The molecular weight excluding hydrogens is 292 g/mol. The number of carbonyl (C=O) groups is 1. The Hall–Kier alpha value is -0.810. The maximum Gasteiger partial charge on any atom is 0.410 e. The van der Waals surface area contributed by atoms with Crippen molar-refractivity contribution < 1.29 is 14.3 Å². The number of ether oxygens (including phenoxy) is 2. The van der Waals surface area contributed by atoms with Crippen molar-refractivity contribution in [2.45, 2.75) is 65.0 Å². The quantitative estimate of drug-likeness (QED) is 0.844. The molecule has 2 rings (SSSR count). The maximum absolute atomic E-state index is 12.1. The van der Waals surface area contributed by atoms with Gasteiger partial charge in [0.2, 0.25) is 0 Å². The van der Waals surface area contributed by atoms with E-state index in [0.717, 1.165) is 45.7 Å². The van der Waals surface area contributed by atoms with Gasteiger partial charge in [-0.1, -0.05) is 0 Å². The first-order valence-electron chi connectivity index (χ1n) is 9.14. The first-order valence-corrected chi connectivity index (χ1v) is 9.14. The third-order valence-electron chi connectivity index (χ3n) is 4.86. The molecule has 2 saturated heterocycles. The highest BCUT2D eigenvalue weighted by Crippen LogP contribution is 2.22. The van der Waals surface area contributed by atoms with Crippen LogP contribution in [0.3, 0.4) is 0 Å². The van der Waals surface area contributed by atoms with E-state index < -0.39 is 5.60 Å². The molecule has 0 aromatic heterocycles. The van der Waals surface area contributed by atoms with Crippen LogP contribution in [0.2, 0.25) is 0 Å². The van der Waals surface area contributed by atoms with Gasteiger partial charge in [0.1, 0.15) is 5.60 Å². The lowest BCUT2D eigenvalue weighted by atomic mass is 9.94. The second-order valence-corrected chi connectivity index (χ2v) is 8.09. The lowest BCUT2D eigenvalue weighted by Gasteiger charge is -2.28. The van der Waals surface area contributed by atoms with Crippen LogP contribution in [0.15, 0.2) is 0 Å². The van der Waals surface area contributed by atoms with Crippen molar-refractivity contribution in [2.24, 2.45) is 11.8 Å². The molecular formula is C18H34N2O3. The van der Waals surface area contributed by atoms with Crippen molar-refractivity contribution in [3.05, 3.63) is 0 Å². The number of amides is 1. The van der Waals surface area contributed by atoms with Gasteiger partial charge in [0.05, 0.1) is 6.61 Å². The normalized spacial score (nSPS) is 27.0. The van der Waals surface area contributed by atoms with E-state index in [0.29, 0.717) is 17.9 Å². The Bertz CT molecular complexity index is 375. The van der Waals surface area contributed by atoms with Crippen molar-refractivity contribution in [1.82, 2.24) is 10.2 Å². The van der Waals surface area contributed by atoms with Crippen LogP contribution in [0.25, 0.3) is 0 Å². The number of carbonyl (C=O) groups excluding carboxylic acids is 1. The van der Waals surface area contributed by atoms with Gasteiger partial charge in [0.15, 0.2) is 0 Å². The van der Waals surface area contributed by atoms with Gasteiger partial charge in [0, 0.05) is 25.7 Å². The lowest BCUT2D eigenvalue weighted by Crippen LogP contribution is -2.39. The van der Waals surface area contributed by atoms with Crippen LogP contribution < -0.4 is 5.32 Å². The summed E-state index contributed by atoms with van der Waals surface area (Å²) in [5.41, 5.74) is -0.409. The summed E-state index contributed by atoms with van der Waals surface area (Å²) in [6.45, 7) is 12.5. The van der Waals surface area contributed by atoms with Crippen molar-refractivity contribution in [2.75, 3.05) is 32.8 Å². The molecule has 0 saturated carbocycles. The summed E-state index contributed by atoms with van der Waals surface area (Å²) in [5.74, 6) is 1.23. The molecule has 0 aromatic rings. The SMILES string of the molecule is C[C@H](NCC[C@@H]1CCN(C(=O)OC(C)(C)C)C1)[C@@H]1CCCOC1. The number of hydrogen-bond donors (Lipinski definition) is 1. The Labute approximate surface area is 141 Å². The Morgan fingerprint density at radius 3 is 2.83 bits per heavy atom. The molecule has 2 aliphatic heterocycles. The fourth-order valence-electron chi connectivity index (χ4n) is 3.40. The molecule has 0 unspecified atom stereocenters. The maximum atomic E-state index is 12.1. The first-order chi connectivity index (χ1) is 10.8. The van der Waals surface area contributed by atoms with E-state index in [2.05, 4.69) is 12.2 Å². The summed E-state index contributed by atoms with van der Waals surface area (Å²) in [5, 5.41) is 3.65. The second kappa shape index (κ2) is 8.34. The van der Waals surface area contributed by atoms with Crippen molar-refractivity contribution in [1.29, 1.82) is 0 Å². The summed E-state index contributed by atoms with van der Waals surface area (Å²) < 4.78 is 11.0. The summed E-state index contributed by atoms with van der Waals surface area (Å²) in [4.78, 5) is 13.9. The van der Waals surface area contributed by atoms with E-state index in [1.807, 2.05) is 25.7 Å². The number of nitrogens with one attached hydrogen (secondary N) is 1. The number of hydrogen-bond acceptors (Lipinski definition) is 4. The van der Waals surface area contributed by atoms with Gasteiger partial charge in [-0.3, -0.25) is 0 Å². The molecule has 0 bridgehead atoms. The van der Waals surface area contributed by atoms with Gasteiger partial charge in [0.25, 0.3) is 0 Å². The van der Waals surface area contributed by atoms with Gasteiger partial charge >= 0.3 is 6.09 Å². The van der Waals surface area contributed by atoms with Crippen LogP contribution in [-0.2, 0) is 9.47 Å². The second-order valence-electron chi connectivity index (χ2n) is 8.09. The highest BCUT2D eigenvalue weighted by Gasteiger charge is 2.29. The highest BCUT2D eigenvalue weighted by atomic mass is 16.6. The van der Waals surface area contributed by atoms with Gasteiger partial charge in [-0.25, -0.2) is 4.79 Å². The van der Waals surface area contributed by atoms with Gasteiger partial charge < -0.3 is 19.7 Å². The summed E-state index contributed by atoms with van der Waals surface area (Å²) in [6, 6.07) is 0.513. The van der Waals surface area contributed by atoms with E-state index in [-0.39, 0.29) is 6.09 Å². The number of likely N-dealkylation sites (tertiary alicyclic amines) is 1. The largest absolute Gasteiger partial charge is 0.444 e. The van der Waals surface area contributed by atoms with Crippen molar-refractivity contribution in [3.8, 4) is 0 Å². The van der Waals surface area contributed by atoms with Crippen LogP contribution in [0.5, 0.6) is 0 Å². The average Bonchev–Trinajstić information content (AvgIpc) is 2.95. The molecule has 2 heterocycles. The molecule has 2 aliphatic rings. The van der Waals surface area contributed by atoms with Gasteiger partial charge in [-0.15, -0.1) is 0 Å². The Kier molecular flexibility index (Phi) is 6.72. The zero-order chi connectivity index (χ0) is 16.9. The topological polar surface area (TPSA) is 50.8 Å². The predicted octanol–water partition coefficient (Wildman–Crippen LogP) is 3.04. The van der Waals surface area contributed by atoms with E-state index in [4.69, 9.17) is 9.47 Å². The van der Waals surface area contributed by atoms with E-state index >= 15 is 0 Å². The third-order valence-corrected chi connectivity index (χ3v) is 4.86. The van der Waals surface area contributed by atoms with Crippen LogP contribution in [-0.4, -0.2) is 55.5 Å². The van der Waals surface area contributed by atoms with E-state index in [1.54, 1.807) is 0 Å². The fraction of sp³-hybridized carbons (Fsp3) is 0.944. The molecule has 1 N–H and O–H groups in total. The Balaban J connectivity index is 1.63. The number of nitrogens with zero attached hydrogens (tertiary/aromatic N) is 1. The monoisotopic (exact) mass is 326 g/mol. The summed E-state index contributed by atoms with van der Waals surface area (Å²) in [6.07, 6.45) is 4.49. The number of rotatable bonds is 5. The minimum absolute atomic E-state index is 0.166. The lowest BCUT2D eigenvalue weighted by molar-refractivity contribution is 0.0286. The molecule has 0 spiro atoms. The average molecular weight is 326 g/mol. The highest BCUT2D eigenvalue weighted by molar-refractivity contribution is 5.68. The molecule has 0 aliphatic carbocycles. The molecule has 0 aromatic carbocycles. The van der Waals surface area contributed by atoms with Crippen LogP contribution in [0.1, 0.15) is 53.4 Å². The zero-order valence-electron chi connectivity index (χ0n) is 15.3. The van der Waals surface area contributed by atoms with E-state index in [9.17, 15) is 4.79 Å². The Morgan fingerprint density at radius 2 is 2.17 bits per heavy atom. The van der Waals surface area contributed by atoms with Crippen molar-refractivity contribution in [3.63, 3.8) is 0 Å². The Morgan fingerprint density at radius 1 is 1.39 bits per heavy atom. The molecule has 1 amide bonds. The molecule has 2 fully saturated rings. The molecule has 5 heteroatoms. The minimum atomic E-state index is -0.409. The fourth-order valence-corrected chi connectivity index (χ4v) is 3.40. The molecule has 5 nitrogen and oxygen atoms in total. The summed E-state index contributed by atoms with van der Waals surface area (Å²) in [7, 11) is 0. The predicted molar refractivity (Wildman–Crippen MR) is 91.5 cm³/mol. The molecule has 3 atom stereocenters. The van der Waals surface area contributed by atoms with Gasteiger partial charge in [-0.2, -0.15) is 0 Å². The molecule has 134 valence electrons. The summed E-state index contributed by atoms with van der Waals surface area (Å²) >= 11 is 0. The first kappa shape index (κ1) is 18.5. The van der Waals surface area contributed by atoms with Crippen molar-refractivity contribution >= 4 is 6.09 Å². The third kappa shape index (κ3) is 6.30. The zero-order valence-corrected chi connectivity index (χ0v) is 15.3. The minimum Gasteiger partial charge on any atom is -0.444 e. The molecule has 23 heavy (non-hydrogen) atoms. The standard InChI is InChI=1S/C18H34N2O3/c1-14(16-6-5-11-22-13-16)19-9-7-15-8-10-20(12-15)17(21)23-18(2,3)4/h14-16,19H,5-13H2,1-4H3/t14-,15+,16+/m0/s1. The van der Waals surface area contributed by atoms with Crippen LogP contribution in [0, 0.1) is 11.8 Å². The molecule has 0 radical (unpaired) electrons. The smallest absolute Gasteiger partial charge is 0.410 e.